The molecule has 1 atom stereocenters. The molecule has 3 rings (SSSR count). The van der Waals surface area contributed by atoms with Crippen molar-refractivity contribution >= 4 is 11.6 Å². The molecule has 24 heavy (non-hydrogen) atoms. The van der Waals surface area contributed by atoms with Gasteiger partial charge in [0.15, 0.2) is 5.76 Å². The summed E-state index contributed by atoms with van der Waals surface area (Å²) < 4.78 is 24.7. The quantitative estimate of drug-likeness (QED) is 0.754. The van der Waals surface area contributed by atoms with Crippen LogP contribution in [0.15, 0.2) is 28.8 Å². The first-order valence-corrected chi connectivity index (χ1v) is 8.78. The zero-order valence-electron chi connectivity index (χ0n) is 13.8. The van der Waals surface area contributed by atoms with Crippen LogP contribution in [0.1, 0.15) is 31.9 Å². The topological polar surface area (TPSA) is 38.5 Å². The van der Waals surface area contributed by atoms with Crippen molar-refractivity contribution in [1.82, 2.24) is 10.1 Å². The van der Waals surface area contributed by atoms with Crippen molar-refractivity contribution < 1.29 is 13.7 Å². The maximum absolute atomic E-state index is 13.5. The molecule has 130 valence electrons. The van der Waals surface area contributed by atoms with E-state index in [4.69, 9.17) is 20.9 Å². The van der Waals surface area contributed by atoms with Crippen molar-refractivity contribution in [2.75, 3.05) is 19.7 Å². The number of alkyl halides is 1. The third kappa shape index (κ3) is 4.28. The van der Waals surface area contributed by atoms with E-state index in [9.17, 15) is 4.39 Å². The molecular weight excluding hydrogens is 331 g/mol. The summed E-state index contributed by atoms with van der Waals surface area (Å²) >= 11 is 6.12. The zero-order chi connectivity index (χ0) is 16.9. The van der Waals surface area contributed by atoms with Crippen LogP contribution in [0.5, 0.6) is 5.75 Å². The van der Waals surface area contributed by atoms with Gasteiger partial charge in [0.25, 0.3) is 0 Å². The minimum atomic E-state index is -0.747. The van der Waals surface area contributed by atoms with Crippen LogP contribution >= 0.6 is 11.6 Å². The molecule has 0 aliphatic carbocycles. The molecule has 4 nitrogen and oxygen atoms in total. The lowest BCUT2D eigenvalue weighted by atomic mass is 10.1. The van der Waals surface area contributed by atoms with Gasteiger partial charge in [-0.15, -0.1) is 0 Å². The van der Waals surface area contributed by atoms with E-state index in [0.717, 1.165) is 36.5 Å². The number of nitrogens with zero attached hydrogens (tertiary/aromatic N) is 2. The first-order chi connectivity index (χ1) is 11.7. The van der Waals surface area contributed by atoms with Gasteiger partial charge in [-0.3, -0.25) is 4.90 Å². The van der Waals surface area contributed by atoms with Gasteiger partial charge < -0.3 is 9.26 Å². The summed E-state index contributed by atoms with van der Waals surface area (Å²) in [5.74, 6) is 1.46. The summed E-state index contributed by atoms with van der Waals surface area (Å²) in [7, 11) is 0. The van der Waals surface area contributed by atoms with E-state index >= 15 is 0 Å². The van der Waals surface area contributed by atoms with Gasteiger partial charge in [-0.1, -0.05) is 23.7 Å². The average molecular weight is 353 g/mol. The van der Waals surface area contributed by atoms with Gasteiger partial charge in [0.05, 0.1) is 13.2 Å². The fourth-order valence-corrected chi connectivity index (χ4v) is 3.09. The predicted molar refractivity (Wildman–Crippen MR) is 92.1 cm³/mol. The lowest BCUT2D eigenvalue weighted by Gasteiger charge is -2.27. The highest BCUT2D eigenvalue weighted by Crippen LogP contribution is 2.32. The maximum atomic E-state index is 13.5. The standard InChI is InChI=1S/C18H22ClFN2O2/c1-2-8-23-18-6-5-13(19)9-16(18)17-10-15(24-21-17)12-22-7-3-4-14(20)11-22/h5-6,9-10,14H,2-4,7-8,11-12H2,1H3. The summed E-state index contributed by atoms with van der Waals surface area (Å²) in [4.78, 5) is 2.06. The molecule has 1 saturated heterocycles. The maximum Gasteiger partial charge on any atom is 0.151 e. The number of ether oxygens (including phenoxy) is 1. The van der Waals surface area contributed by atoms with Crippen LogP contribution in [0.2, 0.25) is 5.02 Å². The van der Waals surface area contributed by atoms with E-state index in [-0.39, 0.29) is 0 Å². The second kappa shape index (κ2) is 7.99. The molecule has 2 heterocycles. The van der Waals surface area contributed by atoms with Crippen molar-refractivity contribution in [1.29, 1.82) is 0 Å². The third-order valence-electron chi connectivity index (χ3n) is 4.07. The highest BCUT2D eigenvalue weighted by Gasteiger charge is 2.21. The molecule has 1 aliphatic rings. The van der Waals surface area contributed by atoms with E-state index in [1.165, 1.54) is 0 Å². The minimum Gasteiger partial charge on any atom is -0.493 e. The summed E-state index contributed by atoms with van der Waals surface area (Å²) in [5.41, 5.74) is 1.50. The van der Waals surface area contributed by atoms with Crippen LogP contribution in [0.4, 0.5) is 4.39 Å². The molecule has 0 radical (unpaired) electrons. The van der Waals surface area contributed by atoms with Crippen molar-refractivity contribution in [3.05, 3.63) is 35.0 Å². The highest BCUT2D eigenvalue weighted by atomic mass is 35.5. The molecule has 0 spiro atoms. The number of aromatic nitrogens is 1. The molecule has 6 heteroatoms. The van der Waals surface area contributed by atoms with E-state index in [2.05, 4.69) is 17.0 Å². The Bertz CT molecular complexity index is 677. The van der Waals surface area contributed by atoms with Crippen molar-refractivity contribution in [2.24, 2.45) is 0 Å². The second-order valence-corrected chi connectivity index (χ2v) is 6.58. The van der Waals surface area contributed by atoms with Gasteiger partial charge >= 0.3 is 0 Å². The number of likely N-dealkylation sites (tertiary alicyclic amines) is 1. The number of piperidine rings is 1. The van der Waals surface area contributed by atoms with Gasteiger partial charge in [0, 0.05) is 23.2 Å². The van der Waals surface area contributed by atoms with Crippen LogP contribution in [0.25, 0.3) is 11.3 Å². The Morgan fingerprint density at radius 3 is 3.08 bits per heavy atom. The van der Waals surface area contributed by atoms with E-state index < -0.39 is 6.17 Å². The second-order valence-electron chi connectivity index (χ2n) is 6.14. The molecule has 1 aromatic carbocycles. The number of rotatable bonds is 6. The summed E-state index contributed by atoms with van der Waals surface area (Å²) in [5, 5.41) is 4.77. The Hall–Kier alpha value is -1.59. The van der Waals surface area contributed by atoms with Crippen LogP contribution in [-0.2, 0) is 6.54 Å². The highest BCUT2D eigenvalue weighted by molar-refractivity contribution is 6.30. The summed E-state index contributed by atoms with van der Waals surface area (Å²) in [6.45, 7) is 4.60. The Morgan fingerprint density at radius 2 is 2.29 bits per heavy atom. The monoisotopic (exact) mass is 352 g/mol. The fourth-order valence-electron chi connectivity index (χ4n) is 2.92. The Kier molecular flexibility index (Phi) is 5.74. The first-order valence-electron chi connectivity index (χ1n) is 8.40. The first kappa shape index (κ1) is 17.2. The van der Waals surface area contributed by atoms with Gasteiger partial charge in [-0.05, 0) is 44.0 Å². The number of hydrogen-bond donors (Lipinski definition) is 0. The van der Waals surface area contributed by atoms with E-state index in [1.807, 2.05) is 18.2 Å². The van der Waals surface area contributed by atoms with Crippen molar-refractivity contribution in [3.63, 3.8) is 0 Å². The van der Waals surface area contributed by atoms with Crippen molar-refractivity contribution in [2.45, 2.75) is 38.9 Å². The molecule has 2 aromatic rings. The predicted octanol–water partition coefficient (Wildman–Crippen LogP) is 4.72. The minimum absolute atomic E-state index is 0.456. The van der Waals surface area contributed by atoms with Crippen LogP contribution in [0, 0.1) is 0 Å². The molecule has 0 amide bonds. The van der Waals surface area contributed by atoms with Crippen LogP contribution < -0.4 is 4.74 Å². The summed E-state index contributed by atoms with van der Waals surface area (Å²) in [6.07, 6.45) is 1.71. The number of halogens is 2. The van der Waals surface area contributed by atoms with Gasteiger partial charge in [0.2, 0.25) is 0 Å². The molecule has 1 aromatic heterocycles. The summed E-state index contributed by atoms with van der Waals surface area (Å²) in [6, 6.07) is 7.35. The molecular formula is C18H22ClFN2O2. The van der Waals surface area contributed by atoms with Crippen molar-refractivity contribution in [3.8, 4) is 17.0 Å². The zero-order valence-corrected chi connectivity index (χ0v) is 14.6. The van der Waals surface area contributed by atoms with Crippen LogP contribution in [-0.4, -0.2) is 35.9 Å². The average Bonchev–Trinajstić information content (AvgIpc) is 3.02. The van der Waals surface area contributed by atoms with Gasteiger partial charge in [-0.25, -0.2) is 4.39 Å². The Balaban J connectivity index is 1.76. The lowest BCUT2D eigenvalue weighted by molar-refractivity contribution is 0.123. The number of benzene rings is 1. The molecule has 1 unspecified atom stereocenters. The third-order valence-corrected chi connectivity index (χ3v) is 4.30. The molecule has 0 saturated carbocycles. The van der Waals surface area contributed by atoms with Crippen LogP contribution in [0.3, 0.4) is 0 Å². The fraction of sp³-hybridized carbons (Fsp3) is 0.500. The SMILES string of the molecule is CCCOc1ccc(Cl)cc1-c1cc(CN2CCCC(F)C2)on1. The smallest absolute Gasteiger partial charge is 0.151 e. The normalized spacial score (nSPS) is 18.7. The molecule has 1 fully saturated rings. The molecule has 1 aliphatic heterocycles. The van der Waals surface area contributed by atoms with Gasteiger partial charge in [0.1, 0.15) is 17.6 Å². The molecule has 0 bridgehead atoms. The largest absolute Gasteiger partial charge is 0.493 e. The molecule has 0 N–H and O–H groups in total. The van der Waals surface area contributed by atoms with Gasteiger partial charge in [-0.2, -0.15) is 0 Å². The Morgan fingerprint density at radius 1 is 1.42 bits per heavy atom. The van der Waals surface area contributed by atoms with E-state index in [1.54, 1.807) is 6.07 Å². The lowest BCUT2D eigenvalue weighted by Crippen LogP contribution is -2.35. The Labute approximate surface area is 146 Å². The number of hydrogen-bond acceptors (Lipinski definition) is 4. The van der Waals surface area contributed by atoms with E-state index in [0.29, 0.717) is 36.8 Å².